The minimum Gasteiger partial charge on any atom is -0.394 e. The molecule has 0 aromatic heterocycles. The lowest BCUT2D eigenvalue weighted by Crippen LogP contribution is -2.64. The van der Waals surface area contributed by atoms with Crippen molar-refractivity contribution in [3.8, 4) is 0 Å². The molecule has 81 heavy (non-hydrogen) atoms. The Bertz CT molecular complexity index is 2280. The molecule has 0 unspecified atom stereocenters. The van der Waals surface area contributed by atoms with Crippen LogP contribution in [0.4, 0.5) is 0 Å². The van der Waals surface area contributed by atoms with Crippen LogP contribution in [-0.2, 0) is 57.5 Å². The Kier molecular flexibility index (Phi) is 26.7. The summed E-state index contributed by atoms with van der Waals surface area (Å²) in [4.78, 5) is 166. The first-order valence-electron chi connectivity index (χ1n) is 28.6. The first-order valence-corrected chi connectivity index (χ1v) is 28.6. The van der Waals surface area contributed by atoms with E-state index in [9.17, 15) is 62.6 Å². The zero-order valence-electron chi connectivity index (χ0n) is 51.1. The van der Waals surface area contributed by atoms with E-state index in [4.69, 9.17) is 5.73 Å². The number of likely N-dealkylation sites (tertiary alicyclic amines) is 2. The minimum atomic E-state index is -1.66. The van der Waals surface area contributed by atoms with Crippen LogP contribution in [-0.4, -0.2) is 170 Å². The van der Waals surface area contributed by atoms with Crippen LogP contribution in [0.3, 0.4) is 0 Å². The average Bonchev–Trinajstić information content (AvgIpc) is 4.05. The fraction of sp³-hybridized carbons (Fsp3) is 0.786. The number of aliphatic hydroxyl groups is 1. The van der Waals surface area contributed by atoms with Gasteiger partial charge in [0.15, 0.2) is 0 Å². The molecule has 2 aliphatic heterocycles. The van der Waals surface area contributed by atoms with Gasteiger partial charge in [-0.3, -0.25) is 57.5 Å². The van der Waals surface area contributed by atoms with E-state index >= 15 is 0 Å². The summed E-state index contributed by atoms with van der Waals surface area (Å²) in [5.41, 5.74) is 0.746. The fourth-order valence-electron chi connectivity index (χ4n) is 9.80. The van der Waals surface area contributed by atoms with Crippen molar-refractivity contribution >= 4 is 70.9 Å². The van der Waals surface area contributed by atoms with Crippen LogP contribution in [0.2, 0.25) is 0 Å². The average molecular weight is 1150 g/mol. The van der Waals surface area contributed by atoms with Gasteiger partial charge in [-0.2, -0.15) is 0 Å². The monoisotopic (exact) mass is 1150 g/mol. The van der Waals surface area contributed by atoms with E-state index in [1.807, 2.05) is 41.5 Å². The number of rotatable bonds is 30. The standard InChI is InChI=1S/C56H98N12O13/c1-18-33(10)43(63-49(77)42(32(8)9)62-45(73)37(27-41(57)71)61-51(79)54(12,13)64-34(11)70)50(78)66-56(16,17)53(81)67-23-19-21-39(67)47(75)59-35(25-29(2)3)44(72)58-36(26-30(4)5)46(74)65-55(14,15)52(80)68-24-20-22-40(68)48(76)60-38(28-69)31(6)7/h29-33,35-40,42-43,69H,18-28H2,1-17H3,(H2,57,71)(H,58,72)(H,59,75)(H,60,76)(H,61,79)(H,62,73)(H,63,77)(H,64,70)(H,65,74)(H,66,78)/t33-,35-,36-,37-,38+,39-,40-,42-,43-/m0/s1. The van der Waals surface area contributed by atoms with Crippen molar-refractivity contribution in [2.75, 3.05) is 19.7 Å². The summed E-state index contributed by atoms with van der Waals surface area (Å²) in [7, 11) is 0. The van der Waals surface area contributed by atoms with Crippen LogP contribution >= 0.6 is 0 Å². The predicted molar refractivity (Wildman–Crippen MR) is 302 cm³/mol. The first kappa shape index (κ1) is 70.7. The number of carbonyl (C=O) groups excluding carboxylic acids is 12. The van der Waals surface area contributed by atoms with E-state index < -0.39 is 154 Å². The molecule has 2 saturated heterocycles. The molecule has 12 amide bonds. The maximum absolute atomic E-state index is 14.5. The molecule has 12 N–H and O–H groups in total. The highest BCUT2D eigenvalue weighted by Gasteiger charge is 2.46. The summed E-state index contributed by atoms with van der Waals surface area (Å²) in [6, 6.07) is -8.77. The molecule has 2 fully saturated rings. The molecular formula is C56H98N12O13. The van der Waals surface area contributed by atoms with Crippen molar-refractivity contribution in [1.82, 2.24) is 57.7 Å². The Morgan fingerprint density at radius 3 is 1.40 bits per heavy atom. The van der Waals surface area contributed by atoms with E-state index in [1.165, 1.54) is 58.3 Å². The second kappa shape index (κ2) is 30.6. The topological polar surface area (TPSA) is 366 Å². The number of hydrogen-bond acceptors (Lipinski definition) is 13. The van der Waals surface area contributed by atoms with Gasteiger partial charge in [0.1, 0.15) is 58.9 Å². The van der Waals surface area contributed by atoms with Crippen molar-refractivity contribution in [3.63, 3.8) is 0 Å². The fourth-order valence-corrected chi connectivity index (χ4v) is 9.80. The van der Waals surface area contributed by atoms with Crippen molar-refractivity contribution in [2.45, 2.75) is 234 Å². The molecule has 2 aliphatic rings. The van der Waals surface area contributed by atoms with Gasteiger partial charge in [-0.1, -0.05) is 75.7 Å². The van der Waals surface area contributed by atoms with Gasteiger partial charge in [0, 0.05) is 20.0 Å². The van der Waals surface area contributed by atoms with E-state index in [1.54, 1.807) is 27.7 Å². The summed E-state index contributed by atoms with van der Waals surface area (Å²) in [6.45, 7) is 28.0. The molecule has 2 heterocycles. The highest BCUT2D eigenvalue weighted by molar-refractivity contribution is 6.01. The largest absolute Gasteiger partial charge is 0.394 e. The molecule has 0 aliphatic carbocycles. The van der Waals surface area contributed by atoms with Gasteiger partial charge in [0.25, 0.3) is 0 Å². The summed E-state index contributed by atoms with van der Waals surface area (Å²) >= 11 is 0. The molecule has 0 radical (unpaired) electrons. The third kappa shape index (κ3) is 20.8. The lowest BCUT2D eigenvalue weighted by molar-refractivity contribution is -0.146. The highest BCUT2D eigenvalue weighted by atomic mass is 16.3. The minimum absolute atomic E-state index is 0.0534. The van der Waals surface area contributed by atoms with Gasteiger partial charge in [-0.25, -0.2) is 0 Å². The Labute approximate surface area is 478 Å². The zero-order chi connectivity index (χ0) is 62.2. The second-order valence-corrected chi connectivity index (χ2v) is 25.1. The third-order valence-corrected chi connectivity index (χ3v) is 14.7. The molecule has 2 rings (SSSR count). The number of nitrogens with zero attached hydrogens (tertiary/aromatic N) is 2. The number of aliphatic hydroxyl groups excluding tert-OH is 1. The van der Waals surface area contributed by atoms with E-state index in [-0.39, 0.29) is 56.7 Å². The van der Waals surface area contributed by atoms with Crippen molar-refractivity contribution in [3.05, 3.63) is 0 Å². The van der Waals surface area contributed by atoms with Gasteiger partial charge < -0.3 is 68.5 Å². The van der Waals surface area contributed by atoms with Crippen molar-refractivity contribution in [1.29, 1.82) is 0 Å². The van der Waals surface area contributed by atoms with Gasteiger partial charge in [-0.05, 0) is 110 Å². The number of primary amides is 1. The molecule has 0 saturated carbocycles. The van der Waals surface area contributed by atoms with Gasteiger partial charge in [0.2, 0.25) is 70.9 Å². The summed E-state index contributed by atoms with van der Waals surface area (Å²) in [5.74, 6) is -9.61. The Hall–Kier alpha value is -6.40. The second-order valence-electron chi connectivity index (χ2n) is 25.1. The lowest BCUT2D eigenvalue weighted by Gasteiger charge is -2.36. The van der Waals surface area contributed by atoms with Crippen molar-refractivity contribution < 1.29 is 62.6 Å². The van der Waals surface area contributed by atoms with E-state index in [2.05, 4.69) is 47.9 Å². The number of nitrogens with one attached hydrogen (secondary N) is 9. The molecule has 460 valence electrons. The molecule has 25 heteroatoms. The van der Waals surface area contributed by atoms with Crippen LogP contribution in [0.5, 0.6) is 0 Å². The summed E-state index contributed by atoms with van der Waals surface area (Å²) in [5, 5.41) is 34.0. The Balaban J connectivity index is 2.30. The highest BCUT2D eigenvalue weighted by Crippen LogP contribution is 2.25. The number of amides is 12. The maximum atomic E-state index is 14.5. The Morgan fingerprint density at radius 2 is 0.975 bits per heavy atom. The predicted octanol–water partition coefficient (Wildman–Crippen LogP) is -0.101. The molecule has 0 aromatic carbocycles. The molecule has 0 aromatic rings. The first-order chi connectivity index (χ1) is 37.3. The lowest BCUT2D eigenvalue weighted by atomic mass is 9.94. The van der Waals surface area contributed by atoms with Crippen LogP contribution in [0.15, 0.2) is 0 Å². The molecule has 9 atom stereocenters. The SMILES string of the molecule is CC[C@H](C)[C@H](NC(=O)[C@@H](NC(=O)[C@H](CC(N)=O)NC(=O)C(C)(C)NC(C)=O)C(C)C)C(=O)NC(C)(C)C(=O)N1CCC[C@H]1C(=O)N[C@@H](CC(C)C)C(=O)N[C@@H](CC(C)C)C(=O)NC(C)(C)C(=O)N1CCC[C@H]1C(=O)N[C@H](CO)C(C)C. The summed E-state index contributed by atoms with van der Waals surface area (Å²) < 4.78 is 0. The smallest absolute Gasteiger partial charge is 0.248 e. The van der Waals surface area contributed by atoms with Gasteiger partial charge in [0.05, 0.1) is 19.1 Å². The quantitative estimate of drug-likeness (QED) is 0.0448. The normalized spacial score (nSPS) is 18.4. The van der Waals surface area contributed by atoms with E-state index in [0.717, 1.165) is 0 Å². The molecule has 0 bridgehead atoms. The van der Waals surface area contributed by atoms with Gasteiger partial charge in [-0.15, -0.1) is 0 Å². The number of carbonyl (C=O) groups is 12. The van der Waals surface area contributed by atoms with Crippen LogP contribution in [0, 0.1) is 29.6 Å². The van der Waals surface area contributed by atoms with Gasteiger partial charge >= 0.3 is 0 Å². The zero-order valence-corrected chi connectivity index (χ0v) is 51.1. The number of hydrogen-bond donors (Lipinski definition) is 11. The molecular weight excluding hydrogens is 1050 g/mol. The van der Waals surface area contributed by atoms with Crippen molar-refractivity contribution in [2.24, 2.45) is 35.3 Å². The van der Waals surface area contributed by atoms with Crippen LogP contribution < -0.4 is 53.6 Å². The third-order valence-electron chi connectivity index (χ3n) is 14.7. The Morgan fingerprint density at radius 1 is 0.531 bits per heavy atom. The molecule has 0 spiro atoms. The van der Waals surface area contributed by atoms with E-state index in [0.29, 0.717) is 25.7 Å². The summed E-state index contributed by atoms with van der Waals surface area (Å²) in [6.07, 6.45) is 1.65. The number of nitrogens with two attached hydrogens (primary N) is 1. The molecule has 25 nitrogen and oxygen atoms in total. The van der Waals surface area contributed by atoms with Crippen LogP contribution in [0.1, 0.15) is 169 Å². The maximum Gasteiger partial charge on any atom is 0.248 e. The van der Waals surface area contributed by atoms with Crippen LogP contribution in [0.25, 0.3) is 0 Å².